The summed E-state index contributed by atoms with van der Waals surface area (Å²) in [6.07, 6.45) is 4.42. The molecule has 0 fully saturated rings. The second-order valence-electron chi connectivity index (χ2n) is 5.29. The lowest BCUT2D eigenvalue weighted by Crippen LogP contribution is -1.99. The van der Waals surface area contributed by atoms with E-state index in [-0.39, 0.29) is 12.3 Å². The number of carbonyl (C=O) groups is 1. The highest BCUT2D eigenvalue weighted by atomic mass is 32.1. The summed E-state index contributed by atoms with van der Waals surface area (Å²) in [4.78, 5) is 27.2. The van der Waals surface area contributed by atoms with Gasteiger partial charge in [0.25, 0.3) is 5.69 Å². The summed E-state index contributed by atoms with van der Waals surface area (Å²) in [6, 6.07) is 15.8. The van der Waals surface area contributed by atoms with E-state index < -0.39 is 10.9 Å². The molecule has 3 rings (SSSR count). The predicted octanol–water partition coefficient (Wildman–Crippen LogP) is 4.47. The maximum Gasteiger partial charge on any atom is 0.331 e. The maximum absolute atomic E-state index is 11.8. The minimum Gasteiger partial charge on any atom is -0.457 e. The Balaban J connectivity index is 1.57. The molecule has 26 heavy (non-hydrogen) atoms. The van der Waals surface area contributed by atoms with Gasteiger partial charge < -0.3 is 4.74 Å². The van der Waals surface area contributed by atoms with Gasteiger partial charge in [-0.15, -0.1) is 11.3 Å². The van der Waals surface area contributed by atoms with E-state index in [1.165, 1.54) is 35.6 Å². The molecule has 0 amide bonds. The second-order valence-corrected chi connectivity index (χ2v) is 6.41. The number of hydrogen-bond acceptors (Lipinski definition) is 6. The van der Waals surface area contributed by atoms with Crippen LogP contribution in [0.1, 0.15) is 10.4 Å². The zero-order valence-electron chi connectivity index (χ0n) is 13.6. The zero-order valence-corrected chi connectivity index (χ0v) is 14.4. The third kappa shape index (κ3) is 4.61. The quantitative estimate of drug-likeness (QED) is 0.278. The molecule has 0 spiro atoms. The van der Waals surface area contributed by atoms with E-state index in [9.17, 15) is 14.9 Å². The van der Waals surface area contributed by atoms with Crippen molar-refractivity contribution in [3.8, 4) is 10.6 Å². The molecule has 1 aromatic heterocycles. The number of non-ortho nitro benzene ring substituents is 1. The van der Waals surface area contributed by atoms with Crippen molar-refractivity contribution in [2.24, 2.45) is 0 Å². The van der Waals surface area contributed by atoms with Gasteiger partial charge in [-0.1, -0.05) is 42.5 Å². The van der Waals surface area contributed by atoms with Crippen LogP contribution in [0.3, 0.4) is 0 Å². The third-order valence-corrected chi connectivity index (χ3v) is 4.44. The van der Waals surface area contributed by atoms with Crippen molar-refractivity contribution in [3.63, 3.8) is 0 Å². The minimum absolute atomic E-state index is 0.0291. The van der Waals surface area contributed by atoms with Crippen LogP contribution in [0.5, 0.6) is 0 Å². The number of nitro benzene ring substituents is 1. The third-order valence-electron chi connectivity index (χ3n) is 3.42. The van der Waals surface area contributed by atoms with Crippen molar-refractivity contribution in [1.82, 2.24) is 4.98 Å². The normalized spacial score (nSPS) is 10.8. The average Bonchev–Trinajstić information content (AvgIpc) is 3.15. The smallest absolute Gasteiger partial charge is 0.331 e. The van der Waals surface area contributed by atoms with Crippen LogP contribution >= 0.6 is 11.3 Å². The summed E-state index contributed by atoms with van der Waals surface area (Å²) >= 11 is 1.46. The second kappa shape index (κ2) is 8.17. The number of ether oxygens (including phenoxy) is 1. The highest BCUT2D eigenvalue weighted by molar-refractivity contribution is 7.15. The van der Waals surface area contributed by atoms with Gasteiger partial charge in [0.2, 0.25) is 0 Å². The number of thiazole rings is 1. The molecule has 0 atom stereocenters. The van der Waals surface area contributed by atoms with Crippen LogP contribution in [-0.2, 0) is 16.1 Å². The fourth-order valence-corrected chi connectivity index (χ4v) is 3.02. The topological polar surface area (TPSA) is 82.3 Å². The largest absolute Gasteiger partial charge is 0.457 e. The molecule has 0 aliphatic heterocycles. The Kier molecular flexibility index (Phi) is 5.50. The highest BCUT2D eigenvalue weighted by Crippen LogP contribution is 2.25. The Morgan fingerprint density at radius 1 is 1.19 bits per heavy atom. The van der Waals surface area contributed by atoms with E-state index in [1.54, 1.807) is 18.3 Å². The average molecular weight is 366 g/mol. The Labute approximate surface area is 153 Å². The van der Waals surface area contributed by atoms with Crippen molar-refractivity contribution in [2.45, 2.75) is 6.61 Å². The predicted molar refractivity (Wildman–Crippen MR) is 99.5 cm³/mol. The number of benzene rings is 2. The van der Waals surface area contributed by atoms with Crippen LogP contribution in [0.25, 0.3) is 16.6 Å². The molecule has 6 nitrogen and oxygen atoms in total. The van der Waals surface area contributed by atoms with Crippen molar-refractivity contribution in [2.75, 3.05) is 0 Å². The molecule has 0 saturated carbocycles. The van der Waals surface area contributed by atoms with Crippen molar-refractivity contribution in [1.29, 1.82) is 0 Å². The molecule has 0 aliphatic carbocycles. The molecule has 7 heteroatoms. The number of hydrogen-bond donors (Lipinski definition) is 0. The van der Waals surface area contributed by atoms with E-state index in [2.05, 4.69) is 4.98 Å². The van der Waals surface area contributed by atoms with Crippen LogP contribution in [-0.4, -0.2) is 15.9 Å². The van der Waals surface area contributed by atoms with Gasteiger partial charge in [0.15, 0.2) is 0 Å². The number of nitro groups is 1. The van der Waals surface area contributed by atoms with E-state index in [4.69, 9.17) is 4.74 Å². The van der Waals surface area contributed by atoms with Crippen LogP contribution in [0.4, 0.5) is 5.69 Å². The summed E-state index contributed by atoms with van der Waals surface area (Å²) < 4.78 is 5.19. The van der Waals surface area contributed by atoms with Crippen molar-refractivity contribution in [3.05, 3.63) is 87.4 Å². The minimum atomic E-state index is -0.522. The van der Waals surface area contributed by atoms with Gasteiger partial charge in [-0.2, -0.15) is 0 Å². The number of nitrogens with zero attached hydrogens (tertiary/aromatic N) is 2. The number of rotatable bonds is 6. The molecule has 2 aromatic carbocycles. The highest BCUT2D eigenvalue weighted by Gasteiger charge is 2.07. The van der Waals surface area contributed by atoms with E-state index >= 15 is 0 Å². The van der Waals surface area contributed by atoms with Gasteiger partial charge in [-0.25, -0.2) is 9.78 Å². The molecule has 0 radical (unpaired) electrons. The first-order valence-corrected chi connectivity index (χ1v) is 8.53. The summed E-state index contributed by atoms with van der Waals surface area (Å²) in [7, 11) is 0. The zero-order chi connectivity index (χ0) is 18.4. The first-order chi connectivity index (χ1) is 12.6. The molecule has 130 valence electrons. The Morgan fingerprint density at radius 2 is 2.00 bits per heavy atom. The molecular weight excluding hydrogens is 352 g/mol. The molecule has 0 N–H and O–H groups in total. The summed E-state index contributed by atoms with van der Waals surface area (Å²) in [5, 5.41) is 11.6. The van der Waals surface area contributed by atoms with Gasteiger partial charge in [0, 0.05) is 30.0 Å². The van der Waals surface area contributed by atoms with Gasteiger partial charge in [0.1, 0.15) is 11.6 Å². The number of esters is 1. The first kappa shape index (κ1) is 17.5. The van der Waals surface area contributed by atoms with E-state index in [1.807, 2.05) is 30.3 Å². The van der Waals surface area contributed by atoms with E-state index in [0.29, 0.717) is 5.56 Å². The summed E-state index contributed by atoms with van der Waals surface area (Å²) in [5.41, 5.74) is 1.54. The lowest BCUT2D eigenvalue weighted by Gasteiger charge is -1.99. The summed E-state index contributed by atoms with van der Waals surface area (Å²) in [5.74, 6) is -0.522. The number of carbonyl (C=O) groups excluding carboxylic acids is 1. The molecule has 0 unspecified atom stereocenters. The van der Waals surface area contributed by atoms with Crippen LogP contribution in [0.2, 0.25) is 0 Å². The maximum atomic E-state index is 11.8. The van der Waals surface area contributed by atoms with Crippen LogP contribution in [0, 0.1) is 10.1 Å². The van der Waals surface area contributed by atoms with Gasteiger partial charge >= 0.3 is 5.97 Å². The Hall–Kier alpha value is -3.32. The fourth-order valence-electron chi connectivity index (χ4n) is 2.19. The standard InChI is InChI=1S/C19H14N2O4S/c22-18(10-9-14-5-4-8-16(11-14)21(23)24)25-13-17-12-20-19(26-17)15-6-2-1-3-7-15/h1-12H,13H2/b10-9+. The fraction of sp³-hybridized carbons (Fsp3) is 0.0526. The van der Waals surface area contributed by atoms with Crippen LogP contribution in [0.15, 0.2) is 66.9 Å². The molecular formula is C19H14N2O4S. The Bertz CT molecular complexity index is 951. The van der Waals surface area contributed by atoms with Gasteiger partial charge in [-0.05, 0) is 11.6 Å². The SMILES string of the molecule is O=C(/C=C/c1cccc([N+](=O)[O-])c1)OCc1cnc(-c2ccccc2)s1. The van der Waals surface area contributed by atoms with Crippen molar-refractivity contribution < 1.29 is 14.5 Å². The van der Waals surface area contributed by atoms with Crippen LogP contribution < -0.4 is 0 Å². The van der Waals surface area contributed by atoms with Gasteiger partial charge in [0.05, 0.1) is 9.80 Å². The van der Waals surface area contributed by atoms with E-state index in [0.717, 1.165) is 15.4 Å². The molecule has 0 saturated heterocycles. The summed E-state index contributed by atoms with van der Waals surface area (Å²) in [6.45, 7) is 0.128. The molecule has 1 heterocycles. The first-order valence-electron chi connectivity index (χ1n) is 7.71. The molecule has 3 aromatic rings. The molecule has 0 bridgehead atoms. The van der Waals surface area contributed by atoms with Crippen molar-refractivity contribution >= 4 is 29.1 Å². The lowest BCUT2D eigenvalue weighted by atomic mass is 10.2. The number of aromatic nitrogens is 1. The molecule has 0 aliphatic rings. The lowest BCUT2D eigenvalue weighted by molar-refractivity contribution is -0.384. The Morgan fingerprint density at radius 3 is 2.77 bits per heavy atom. The monoisotopic (exact) mass is 366 g/mol. The van der Waals surface area contributed by atoms with Gasteiger partial charge in [-0.3, -0.25) is 10.1 Å².